The Labute approximate surface area is 118 Å². The van der Waals surface area contributed by atoms with Gasteiger partial charge in [-0.15, -0.1) is 0 Å². The van der Waals surface area contributed by atoms with Crippen LogP contribution in [0.1, 0.15) is 29.9 Å². The number of hydrogen-bond donors (Lipinski definition) is 0. The smallest absolute Gasteiger partial charge is 0.138 e. The van der Waals surface area contributed by atoms with Crippen molar-refractivity contribution >= 4 is 11.8 Å². The number of hydrogen-bond acceptors (Lipinski definition) is 3. The second kappa shape index (κ2) is 5.78. The molecule has 0 amide bonds. The zero-order valence-electron chi connectivity index (χ0n) is 11.2. The van der Waals surface area contributed by atoms with Gasteiger partial charge < -0.3 is 0 Å². The molecule has 1 heterocycles. The van der Waals surface area contributed by atoms with Crippen LogP contribution in [0.4, 0.5) is 0 Å². The molecule has 0 saturated heterocycles. The van der Waals surface area contributed by atoms with E-state index in [1.807, 2.05) is 11.8 Å². The van der Waals surface area contributed by atoms with Crippen LogP contribution in [-0.4, -0.2) is 26.3 Å². The molecule has 0 aliphatic heterocycles. The molecule has 100 valence electrons. The third-order valence-corrected chi connectivity index (χ3v) is 4.60. The van der Waals surface area contributed by atoms with Gasteiger partial charge in [-0.25, -0.2) is 9.67 Å². The molecule has 0 unspecified atom stereocenters. The second-order valence-corrected chi connectivity index (χ2v) is 6.29. The number of thioether (sulfide) groups is 1. The summed E-state index contributed by atoms with van der Waals surface area (Å²) in [6.07, 6.45) is 4.90. The van der Waals surface area contributed by atoms with Gasteiger partial charge in [0.15, 0.2) is 0 Å². The highest BCUT2D eigenvalue weighted by atomic mass is 32.2. The van der Waals surface area contributed by atoms with Crippen molar-refractivity contribution in [3.8, 4) is 0 Å². The molecular formula is C15H19N3S. The van der Waals surface area contributed by atoms with Crippen molar-refractivity contribution in [3.05, 3.63) is 47.5 Å². The summed E-state index contributed by atoms with van der Waals surface area (Å²) in [5.41, 5.74) is 2.94. The predicted octanol–water partition coefficient (Wildman–Crippen LogP) is 2.91. The van der Waals surface area contributed by atoms with Crippen molar-refractivity contribution in [3.63, 3.8) is 0 Å². The van der Waals surface area contributed by atoms with Gasteiger partial charge in [-0.1, -0.05) is 31.2 Å². The van der Waals surface area contributed by atoms with Crippen molar-refractivity contribution in [2.75, 3.05) is 11.5 Å². The number of rotatable bonds is 5. The number of nitrogens with zero attached hydrogens (tertiary/aromatic N) is 3. The van der Waals surface area contributed by atoms with Crippen molar-refractivity contribution < 1.29 is 0 Å². The lowest BCUT2D eigenvalue weighted by molar-refractivity contribution is 0.456. The molecule has 0 saturated carbocycles. The van der Waals surface area contributed by atoms with Crippen molar-refractivity contribution in [2.24, 2.45) is 0 Å². The van der Waals surface area contributed by atoms with Crippen LogP contribution in [0, 0.1) is 0 Å². The van der Waals surface area contributed by atoms with Gasteiger partial charge in [0.2, 0.25) is 0 Å². The molecule has 0 N–H and O–H groups in total. The van der Waals surface area contributed by atoms with E-state index in [1.165, 1.54) is 16.9 Å². The summed E-state index contributed by atoms with van der Waals surface area (Å²) in [5.74, 6) is 3.44. The number of aryl methyl sites for hydroxylation is 1. The Balaban J connectivity index is 1.73. The van der Waals surface area contributed by atoms with Crippen LogP contribution in [-0.2, 0) is 19.3 Å². The summed E-state index contributed by atoms with van der Waals surface area (Å²) in [4.78, 5) is 4.43. The lowest BCUT2D eigenvalue weighted by atomic mass is 10.1. The normalized spacial score (nSPS) is 14.8. The van der Waals surface area contributed by atoms with E-state index in [4.69, 9.17) is 0 Å². The molecule has 4 heteroatoms. The molecule has 0 fully saturated rings. The van der Waals surface area contributed by atoms with Gasteiger partial charge in [0.25, 0.3) is 0 Å². The standard InChI is InChI=1S/C15H19N3S/c1-2-19-8-7-15-16-11-17-18(15)14-9-12-5-3-4-6-13(12)10-14/h3-6,11,14H,2,7-10H2,1H3. The summed E-state index contributed by atoms with van der Waals surface area (Å²) < 4.78 is 2.15. The quantitative estimate of drug-likeness (QED) is 0.785. The maximum atomic E-state index is 4.46. The Morgan fingerprint density at radius 2 is 2.00 bits per heavy atom. The van der Waals surface area contributed by atoms with Crippen LogP contribution in [0.5, 0.6) is 0 Å². The van der Waals surface area contributed by atoms with Crippen LogP contribution in [0.15, 0.2) is 30.6 Å². The number of benzene rings is 1. The molecule has 1 aromatic carbocycles. The van der Waals surface area contributed by atoms with E-state index in [9.17, 15) is 0 Å². The van der Waals surface area contributed by atoms with Crippen molar-refractivity contribution in [1.29, 1.82) is 0 Å². The predicted molar refractivity (Wildman–Crippen MR) is 79.6 cm³/mol. The summed E-state index contributed by atoms with van der Waals surface area (Å²) in [6, 6.07) is 9.18. The number of fused-ring (bicyclic) bond motifs is 1. The molecule has 0 bridgehead atoms. The molecule has 0 radical (unpaired) electrons. The molecular weight excluding hydrogens is 254 g/mol. The monoisotopic (exact) mass is 273 g/mol. The van der Waals surface area contributed by atoms with Crippen LogP contribution < -0.4 is 0 Å². The molecule has 0 atom stereocenters. The Bertz CT molecular complexity index is 525. The molecule has 1 aromatic heterocycles. The van der Waals surface area contributed by atoms with E-state index in [0.717, 1.165) is 30.8 Å². The van der Waals surface area contributed by atoms with E-state index >= 15 is 0 Å². The third-order valence-electron chi connectivity index (χ3n) is 3.70. The Morgan fingerprint density at radius 1 is 1.26 bits per heavy atom. The van der Waals surface area contributed by atoms with Gasteiger partial charge in [-0.3, -0.25) is 0 Å². The lowest BCUT2D eigenvalue weighted by Gasteiger charge is -2.12. The van der Waals surface area contributed by atoms with Crippen LogP contribution in [0.2, 0.25) is 0 Å². The highest BCUT2D eigenvalue weighted by molar-refractivity contribution is 7.99. The molecule has 2 aromatic rings. The van der Waals surface area contributed by atoms with Crippen LogP contribution in [0.3, 0.4) is 0 Å². The Kier molecular flexibility index (Phi) is 3.87. The molecule has 1 aliphatic carbocycles. The van der Waals surface area contributed by atoms with Crippen molar-refractivity contribution in [1.82, 2.24) is 14.8 Å². The van der Waals surface area contributed by atoms with Gasteiger partial charge >= 0.3 is 0 Å². The average Bonchev–Trinajstić information content (AvgIpc) is 3.04. The van der Waals surface area contributed by atoms with Gasteiger partial charge in [0, 0.05) is 12.2 Å². The topological polar surface area (TPSA) is 30.7 Å². The SMILES string of the molecule is CCSCCc1ncnn1C1Cc2ccccc2C1. The van der Waals surface area contributed by atoms with E-state index < -0.39 is 0 Å². The van der Waals surface area contributed by atoms with Crippen molar-refractivity contribution in [2.45, 2.75) is 32.2 Å². The summed E-state index contributed by atoms with van der Waals surface area (Å²) in [5, 5.41) is 4.46. The first kappa shape index (κ1) is 12.7. The van der Waals surface area contributed by atoms with Gasteiger partial charge in [0.05, 0.1) is 6.04 Å². The summed E-state index contributed by atoms with van der Waals surface area (Å²) in [6.45, 7) is 2.20. The second-order valence-electron chi connectivity index (χ2n) is 4.90. The Hall–Kier alpha value is -1.29. The first-order valence-electron chi connectivity index (χ1n) is 6.91. The molecule has 1 aliphatic rings. The third kappa shape index (κ3) is 2.68. The molecule has 3 nitrogen and oxygen atoms in total. The molecule has 0 spiro atoms. The summed E-state index contributed by atoms with van der Waals surface area (Å²) >= 11 is 1.96. The molecule has 3 rings (SSSR count). The highest BCUT2D eigenvalue weighted by Gasteiger charge is 2.24. The van der Waals surface area contributed by atoms with Gasteiger partial charge in [0.1, 0.15) is 12.2 Å². The molecule has 19 heavy (non-hydrogen) atoms. The minimum absolute atomic E-state index is 0.460. The van der Waals surface area contributed by atoms with E-state index in [1.54, 1.807) is 6.33 Å². The fraction of sp³-hybridized carbons (Fsp3) is 0.467. The lowest BCUT2D eigenvalue weighted by Crippen LogP contribution is -2.15. The minimum Gasteiger partial charge on any atom is -0.246 e. The van der Waals surface area contributed by atoms with E-state index in [0.29, 0.717) is 6.04 Å². The van der Waals surface area contributed by atoms with Gasteiger partial charge in [-0.05, 0) is 29.7 Å². The zero-order valence-corrected chi connectivity index (χ0v) is 12.1. The maximum absolute atomic E-state index is 4.46. The maximum Gasteiger partial charge on any atom is 0.138 e. The Morgan fingerprint density at radius 3 is 2.68 bits per heavy atom. The largest absolute Gasteiger partial charge is 0.246 e. The minimum atomic E-state index is 0.460. The average molecular weight is 273 g/mol. The van der Waals surface area contributed by atoms with E-state index in [2.05, 4.69) is 46.0 Å². The number of aromatic nitrogens is 3. The first-order chi connectivity index (χ1) is 9.38. The first-order valence-corrected chi connectivity index (χ1v) is 8.07. The van der Waals surface area contributed by atoms with Crippen LogP contribution in [0.25, 0.3) is 0 Å². The van der Waals surface area contributed by atoms with Gasteiger partial charge in [-0.2, -0.15) is 16.9 Å². The fourth-order valence-corrected chi connectivity index (χ4v) is 3.39. The van der Waals surface area contributed by atoms with Crippen LogP contribution >= 0.6 is 11.8 Å². The summed E-state index contributed by atoms with van der Waals surface area (Å²) in [7, 11) is 0. The highest BCUT2D eigenvalue weighted by Crippen LogP contribution is 2.30. The van der Waals surface area contributed by atoms with E-state index in [-0.39, 0.29) is 0 Å². The zero-order chi connectivity index (χ0) is 13.1. The fourth-order valence-electron chi connectivity index (χ4n) is 2.77.